The number of imidazole rings is 1. The van der Waals surface area contributed by atoms with E-state index in [0.717, 1.165) is 51.4 Å². The molecule has 0 spiro atoms. The first-order valence-electron chi connectivity index (χ1n) is 8.90. The van der Waals surface area contributed by atoms with Crippen molar-refractivity contribution in [2.24, 2.45) is 5.92 Å². The molecule has 2 aromatic rings. The van der Waals surface area contributed by atoms with Crippen LogP contribution in [0.25, 0.3) is 0 Å². The van der Waals surface area contributed by atoms with Crippen LogP contribution in [0, 0.1) is 5.92 Å². The maximum absolute atomic E-state index is 12.8. The van der Waals surface area contributed by atoms with E-state index in [1.54, 1.807) is 17.7 Å². The molecule has 134 valence electrons. The molecule has 1 saturated heterocycles. The Kier molecular flexibility index (Phi) is 5.14. The summed E-state index contributed by atoms with van der Waals surface area (Å²) >= 11 is 1.67. The number of fused-ring (bicyclic) bond motifs is 1. The molecule has 0 aromatic carbocycles. The predicted molar refractivity (Wildman–Crippen MR) is 96.2 cm³/mol. The average molecular weight is 360 g/mol. The van der Waals surface area contributed by atoms with Crippen LogP contribution in [0.1, 0.15) is 29.5 Å². The minimum absolute atomic E-state index is 0.0735. The maximum Gasteiger partial charge on any atom is 0.244 e. The van der Waals surface area contributed by atoms with E-state index in [2.05, 4.69) is 15.2 Å². The fourth-order valence-electron chi connectivity index (χ4n) is 3.71. The van der Waals surface area contributed by atoms with Crippen LogP contribution in [0.3, 0.4) is 0 Å². The van der Waals surface area contributed by atoms with Crippen molar-refractivity contribution in [2.75, 3.05) is 26.3 Å². The molecular weight excluding hydrogens is 336 g/mol. The first-order valence-corrected chi connectivity index (χ1v) is 9.78. The second kappa shape index (κ2) is 7.68. The monoisotopic (exact) mass is 360 g/mol. The first-order chi connectivity index (χ1) is 12.3. The molecule has 1 N–H and O–H groups in total. The number of amides is 1. The third kappa shape index (κ3) is 3.94. The fourth-order valence-corrected chi connectivity index (χ4v) is 4.35. The fraction of sp³-hybridized carbons (Fsp3) is 0.556. The van der Waals surface area contributed by atoms with Crippen molar-refractivity contribution in [1.29, 1.82) is 0 Å². The van der Waals surface area contributed by atoms with E-state index >= 15 is 0 Å². The summed E-state index contributed by atoms with van der Waals surface area (Å²) in [7, 11) is 0. The summed E-state index contributed by atoms with van der Waals surface area (Å²) in [6.07, 6.45) is 5.90. The molecule has 0 bridgehead atoms. The van der Waals surface area contributed by atoms with E-state index in [-0.39, 0.29) is 11.9 Å². The number of rotatable bonds is 5. The van der Waals surface area contributed by atoms with E-state index in [1.807, 2.05) is 28.3 Å². The van der Waals surface area contributed by atoms with E-state index in [9.17, 15) is 4.79 Å². The highest BCUT2D eigenvalue weighted by Crippen LogP contribution is 2.24. The Morgan fingerprint density at radius 3 is 3.08 bits per heavy atom. The van der Waals surface area contributed by atoms with Crippen LogP contribution in [0.4, 0.5) is 0 Å². The van der Waals surface area contributed by atoms with Gasteiger partial charge in [0.05, 0.1) is 18.6 Å². The molecule has 4 heterocycles. The van der Waals surface area contributed by atoms with Gasteiger partial charge in [0.15, 0.2) is 0 Å². The summed E-state index contributed by atoms with van der Waals surface area (Å²) < 4.78 is 7.50. The predicted octanol–water partition coefficient (Wildman–Crippen LogP) is 2.04. The quantitative estimate of drug-likeness (QED) is 0.887. The standard InChI is InChI=1S/C18H24N4O2S/c23-18(20-9-16-2-1-7-25-16)17-12-21(10-14-3-5-24-6-4-14)11-15-8-19-13-22(15)17/h1-2,7-8,13-14,17H,3-6,9-12H2,(H,20,23). The normalized spacial score (nSPS) is 21.8. The lowest BCUT2D eigenvalue weighted by atomic mass is 9.98. The van der Waals surface area contributed by atoms with Gasteiger partial charge in [-0.25, -0.2) is 4.98 Å². The zero-order valence-corrected chi connectivity index (χ0v) is 15.1. The summed E-state index contributed by atoms with van der Waals surface area (Å²) in [6, 6.07) is 3.86. The third-order valence-electron chi connectivity index (χ3n) is 5.08. The topological polar surface area (TPSA) is 59.4 Å². The number of carbonyl (C=O) groups excluding carboxylic acids is 1. The van der Waals surface area contributed by atoms with Crippen molar-refractivity contribution >= 4 is 17.2 Å². The Hall–Kier alpha value is -1.70. The molecule has 7 heteroatoms. The molecule has 6 nitrogen and oxygen atoms in total. The summed E-state index contributed by atoms with van der Waals surface area (Å²) in [5.41, 5.74) is 1.12. The molecule has 4 rings (SSSR count). The van der Waals surface area contributed by atoms with Crippen molar-refractivity contribution in [3.63, 3.8) is 0 Å². The van der Waals surface area contributed by atoms with Gasteiger partial charge < -0.3 is 14.6 Å². The molecule has 0 aliphatic carbocycles. The Morgan fingerprint density at radius 2 is 2.28 bits per heavy atom. The number of hydrogen-bond donors (Lipinski definition) is 1. The van der Waals surface area contributed by atoms with Crippen molar-refractivity contribution in [3.05, 3.63) is 40.6 Å². The molecule has 1 fully saturated rings. The molecule has 2 aliphatic rings. The lowest BCUT2D eigenvalue weighted by Gasteiger charge is -2.36. The number of aromatic nitrogens is 2. The van der Waals surface area contributed by atoms with E-state index in [4.69, 9.17) is 4.74 Å². The lowest BCUT2D eigenvalue weighted by Crippen LogP contribution is -2.46. The number of hydrogen-bond acceptors (Lipinski definition) is 5. The van der Waals surface area contributed by atoms with E-state index in [1.165, 1.54) is 4.88 Å². The largest absolute Gasteiger partial charge is 0.381 e. The van der Waals surface area contributed by atoms with Gasteiger partial charge in [0.1, 0.15) is 6.04 Å². The van der Waals surface area contributed by atoms with Crippen LogP contribution in [0.2, 0.25) is 0 Å². The minimum atomic E-state index is -0.203. The van der Waals surface area contributed by atoms with Gasteiger partial charge in [-0.3, -0.25) is 9.69 Å². The van der Waals surface area contributed by atoms with E-state index < -0.39 is 0 Å². The molecule has 1 atom stereocenters. The molecule has 0 radical (unpaired) electrons. The van der Waals surface area contributed by atoms with Crippen molar-refractivity contribution in [2.45, 2.75) is 32.0 Å². The third-order valence-corrected chi connectivity index (χ3v) is 5.95. The summed E-state index contributed by atoms with van der Waals surface area (Å²) in [5, 5.41) is 5.12. The van der Waals surface area contributed by atoms with Gasteiger partial charge in [-0.05, 0) is 30.2 Å². The summed E-state index contributed by atoms with van der Waals surface area (Å²) in [5.74, 6) is 0.738. The Balaban J connectivity index is 1.42. The average Bonchev–Trinajstić information content (AvgIpc) is 3.31. The van der Waals surface area contributed by atoms with Gasteiger partial charge in [0.25, 0.3) is 0 Å². The number of nitrogens with one attached hydrogen (secondary N) is 1. The minimum Gasteiger partial charge on any atom is -0.381 e. The second-order valence-corrected chi connectivity index (χ2v) is 7.89. The zero-order chi connectivity index (χ0) is 17.1. The maximum atomic E-state index is 12.8. The molecule has 2 aliphatic heterocycles. The highest BCUT2D eigenvalue weighted by Gasteiger charge is 2.31. The van der Waals surface area contributed by atoms with Crippen molar-refractivity contribution in [1.82, 2.24) is 19.8 Å². The molecule has 1 amide bonds. The number of carbonyl (C=O) groups is 1. The summed E-state index contributed by atoms with van der Waals surface area (Å²) in [6.45, 7) is 4.96. The van der Waals surface area contributed by atoms with Gasteiger partial charge in [0, 0.05) is 43.9 Å². The van der Waals surface area contributed by atoms with Gasteiger partial charge in [-0.2, -0.15) is 0 Å². The highest BCUT2D eigenvalue weighted by molar-refractivity contribution is 7.09. The molecule has 2 aromatic heterocycles. The van der Waals surface area contributed by atoms with Crippen LogP contribution >= 0.6 is 11.3 Å². The van der Waals surface area contributed by atoms with Gasteiger partial charge >= 0.3 is 0 Å². The second-order valence-electron chi connectivity index (χ2n) is 6.86. The molecule has 1 unspecified atom stereocenters. The first kappa shape index (κ1) is 16.8. The molecular formula is C18H24N4O2S. The van der Waals surface area contributed by atoms with Crippen LogP contribution in [0.5, 0.6) is 0 Å². The molecule has 0 saturated carbocycles. The van der Waals surface area contributed by atoms with Crippen molar-refractivity contribution in [3.8, 4) is 0 Å². The number of nitrogens with zero attached hydrogens (tertiary/aromatic N) is 3. The van der Waals surface area contributed by atoms with Crippen LogP contribution in [0.15, 0.2) is 30.0 Å². The van der Waals surface area contributed by atoms with Gasteiger partial charge in [0.2, 0.25) is 5.91 Å². The van der Waals surface area contributed by atoms with Crippen molar-refractivity contribution < 1.29 is 9.53 Å². The molecule has 25 heavy (non-hydrogen) atoms. The van der Waals surface area contributed by atoms with Crippen LogP contribution in [-0.4, -0.2) is 46.7 Å². The van der Waals surface area contributed by atoms with Crippen LogP contribution < -0.4 is 5.32 Å². The zero-order valence-electron chi connectivity index (χ0n) is 14.3. The Morgan fingerprint density at radius 1 is 1.40 bits per heavy atom. The smallest absolute Gasteiger partial charge is 0.244 e. The number of thiophene rings is 1. The van der Waals surface area contributed by atoms with Crippen LogP contribution in [-0.2, 0) is 22.6 Å². The SMILES string of the molecule is O=C(NCc1cccs1)C1CN(CC2CCOCC2)Cc2cncn21. The Bertz CT molecular complexity index is 694. The van der Waals surface area contributed by atoms with E-state index in [0.29, 0.717) is 12.5 Å². The summed E-state index contributed by atoms with van der Waals surface area (Å²) in [4.78, 5) is 20.6. The Labute approximate surface area is 151 Å². The van der Waals surface area contributed by atoms with Gasteiger partial charge in [-0.1, -0.05) is 6.07 Å². The lowest BCUT2D eigenvalue weighted by molar-refractivity contribution is -0.125. The van der Waals surface area contributed by atoms with Gasteiger partial charge in [-0.15, -0.1) is 11.3 Å². The highest BCUT2D eigenvalue weighted by atomic mass is 32.1. The number of ether oxygens (including phenoxy) is 1.